The molecule has 18 heavy (non-hydrogen) atoms. The molecule has 0 spiro atoms. The van der Waals surface area contributed by atoms with E-state index in [-0.39, 0.29) is 5.97 Å². The first-order chi connectivity index (χ1) is 8.65. The van der Waals surface area contributed by atoms with Crippen LogP contribution in [0.4, 0.5) is 0 Å². The number of esters is 1. The summed E-state index contributed by atoms with van der Waals surface area (Å²) in [5.74, 6) is -0.0528. The molecule has 0 aromatic rings. The van der Waals surface area contributed by atoms with Crippen molar-refractivity contribution in [3.63, 3.8) is 0 Å². The molecule has 1 atom stereocenters. The maximum absolute atomic E-state index is 12.3. The number of unbranched alkanes of at least 4 members (excludes halogenated alkanes) is 2. The van der Waals surface area contributed by atoms with Gasteiger partial charge < -0.3 is 10.1 Å². The third-order valence-electron chi connectivity index (χ3n) is 3.80. The molecule has 0 radical (unpaired) electrons. The van der Waals surface area contributed by atoms with E-state index >= 15 is 0 Å². The van der Waals surface area contributed by atoms with E-state index in [2.05, 4.69) is 17.1 Å². The first kappa shape index (κ1) is 15.4. The summed E-state index contributed by atoms with van der Waals surface area (Å²) in [5.41, 5.74) is -0.437. The first-order valence-corrected chi connectivity index (χ1v) is 7.28. The molecular formula is C14H28N2O2. The van der Waals surface area contributed by atoms with Gasteiger partial charge in [0.1, 0.15) is 5.54 Å². The fourth-order valence-electron chi connectivity index (χ4n) is 2.55. The molecule has 106 valence electrons. The number of piperazine rings is 1. The van der Waals surface area contributed by atoms with E-state index in [1.54, 1.807) is 0 Å². The van der Waals surface area contributed by atoms with Gasteiger partial charge in [0.15, 0.2) is 0 Å². The summed E-state index contributed by atoms with van der Waals surface area (Å²) in [5, 5.41) is 3.33. The maximum Gasteiger partial charge on any atom is 0.326 e. The first-order valence-electron chi connectivity index (χ1n) is 7.28. The summed E-state index contributed by atoms with van der Waals surface area (Å²) >= 11 is 0. The minimum Gasteiger partial charge on any atom is -0.465 e. The Morgan fingerprint density at radius 3 is 2.50 bits per heavy atom. The van der Waals surface area contributed by atoms with Gasteiger partial charge in [-0.15, -0.1) is 0 Å². The predicted molar refractivity (Wildman–Crippen MR) is 73.6 cm³/mol. The highest BCUT2D eigenvalue weighted by molar-refractivity contribution is 5.80. The lowest BCUT2D eigenvalue weighted by molar-refractivity contribution is -0.158. The number of ether oxygens (including phenoxy) is 1. The molecule has 0 saturated carbocycles. The quantitative estimate of drug-likeness (QED) is 0.557. The number of carbonyl (C=O) groups excluding carboxylic acids is 1. The second kappa shape index (κ2) is 7.74. The fraction of sp³-hybridized carbons (Fsp3) is 0.929. The van der Waals surface area contributed by atoms with Crippen LogP contribution in [0.25, 0.3) is 0 Å². The lowest BCUT2D eigenvalue weighted by atomic mass is 9.91. The molecule has 0 amide bonds. The van der Waals surface area contributed by atoms with E-state index in [0.717, 1.165) is 39.0 Å². The van der Waals surface area contributed by atoms with Crippen LogP contribution in [0, 0.1) is 0 Å². The van der Waals surface area contributed by atoms with Crippen LogP contribution in [0.2, 0.25) is 0 Å². The monoisotopic (exact) mass is 256 g/mol. The third kappa shape index (κ3) is 3.95. The van der Waals surface area contributed by atoms with Crippen LogP contribution in [0.5, 0.6) is 0 Å². The number of hydrogen-bond donors (Lipinski definition) is 1. The van der Waals surface area contributed by atoms with Gasteiger partial charge in [0.25, 0.3) is 0 Å². The Hall–Kier alpha value is -0.610. The largest absolute Gasteiger partial charge is 0.465 e. The molecule has 0 aromatic carbocycles. The Bertz CT molecular complexity index is 252. The Labute approximate surface area is 111 Å². The molecule has 1 N–H and O–H groups in total. The Kier molecular flexibility index (Phi) is 6.65. The molecular weight excluding hydrogens is 228 g/mol. The van der Waals surface area contributed by atoms with Gasteiger partial charge in [-0.2, -0.15) is 0 Å². The van der Waals surface area contributed by atoms with Crippen molar-refractivity contribution in [2.75, 3.05) is 32.8 Å². The van der Waals surface area contributed by atoms with Gasteiger partial charge in [-0.1, -0.05) is 26.2 Å². The van der Waals surface area contributed by atoms with Gasteiger partial charge >= 0.3 is 5.97 Å². The molecule has 1 unspecified atom stereocenters. The molecule has 1 fully saturated rings. The summed E-state index contributed by atoms with van der Waals surface area (Å²) in [6.07, 6.45) is 4.36. The van der Waals surface area contributed by atoms with Crippen LogP contribution in [-0.4, -0.2) is 49.2 Å². The molecule has 1 heterocycles. The smallest absolute Gasteiger partial charge is 0.326 e. The summed E-state index contributed by atoms with van der Waals surface area (Å²) in [4.78, 5) is 14.6. The standard InChI is InChI=1S/C14H28N2O2/c1-4-6-7-8-14(3,13(17)18-5-2)16-11-9-15-10-12-16/h15H,4-12H2,1-3H3. The minimum atomic E-state index is -0.437. The molecule has 4 nitrogen and oxygen atoms in total. The normalized spacial score (nSPS) is 20.4. The van der Waals surface area contributed by atoms with Gasteiger partial charge in [0.2, 0.25) is 0 Å². The van der Waals surface area contributed by atoms with E-state index in [0.29, 0.717) is 6.61 Å². The number of rotatable bonds is 7. The van der Waals surface area contributed by atoms with Gasteiger partial charge in [0, 0.05) is 26.2 Å². The van der Waals surface area contributed by atoms with E-state index in [1.165, 1.54) is 12.8 Å². The predicted octanol–water partition coefficient (Wildman–Crippen LogP) is 1.79. The van der Waals surface area contributed by atoms with Crippen molar-refractivity contribution in [2.24, 2.45) is 0 Å². The zero-order valence-electron chi connectivity index (χ0n) is 12.1. The van der Waals surface area contributed by atoms with Crippen LogP contribution < -0.4 is 5.32 Å². The van der Waals surface area contributed by atoms with Crippen molar-refractivity contribution in [3.05, 3.63) is 0 Å². The minimum absolute atomic E-state index is 0.0528. The summed E-state index contributed by atoms with van der Waals surface area (Å²) < 4.78 is 5.29. The van der Waals surface area contributed by atoms with Crippen LogP contribution >= 0.6 is 0 Å². The average molecular weight is 256 g/mol. The summed E-state index contributed by atoms with van der Waals surface area (Å²) in [6.45, 7) is 10.4. The van der Waals surface area contributed by atoms with Crippen LogP contribution in [-0.2, 0) is 9.53 Å². The number of nitrogens with one attached hydrogen (secondary N) is 1. The van der Waals surface area contributed by atoms with Crippen LogP contribution in [0.3, 0.4) is 0 Å². The topological polar surface area (TPSA) is 41.6 Å². The molecule has 4 heteroatoms. The van der Waals surface area contributed by atoms with Crippen molar-refractivity contribution >= 4 is 5.97 Å². The van der Waals surface area contributed by atoms with Gasteiger partial charge in [-0.25, -0.2) is 0 Å². The third-order valence-corrected chi connectivity index (χ3v) is 3.80. The molecule has 1 aliphatic rings. The lowest BCUT2D eigenvalue weighted by Crippen LogP contribution is -2.59. The summed E-state index contributed by atoms with van der Waals surface area (Å²) in [7, 11) is 0. The Balaban J connectivity index is 2.67. The zero-order chi connectivity index (χ0) is 13.4. The van der Waals surface area contributed by atoms with Crippen molar-refractivity contribution in [1.29, 1.82) is 0 Å². The van der Waals surface area contributed by atoms with Gasteiger partial charge in [0.05, 0.1) is 6.61 Å². The van der Waals surface area contributed by atoms with E-state index < -0.39 is 5.54 Å². The Morgan fingerprint density at radius 1 is 1.28 bits per heavy atom. The maximum atomic E-state index is 12.3. The van der Waals surface area contributed by atoms with Gasteiger partial charge in [-0.05, 0) is 20.3 Å². The van der Waals surface area contributed by atoms with Crippen LogP contribution in [0.1, 0.15) is 46.5 Å². The molecule has 0 bridgehead atoms. The number of nitrogens with zero attached hydrogens (tertiary/aromatic N) is 1. The van der Waals surface area contributed by atoms with Crippen molar-refractivity contribution in [2.45, 2.75) is 52.0 Å². The number of carbonyl (C=O) groups is 1. The van der Waals surface area contributed by atoms with Crippen LogP contribution in [0.15, 0.2) is 0 Å². The molecule has 1 rings (SSSR count). The molecule has 1 saturated heterocycles. The van der Waals surface area contributed by atoms with Crippen molar-refractivity contribution < 1.29 is 9.53 Å². The zero-order valence-corrected chi connectivity index (χ0v) is 12.1. The second-order valence-electron chi connectivity index (χ2n) is 5.19. The lowest BCUT2D eigenvalue weighted by Gasteiger charge is -2.41. The number of hydrogen-bond acceptors (Lipinski definition) is 4. The van der Waals surface area contributed by atoms with Gasteiger partial charge in [-0.3, -0.25) is 9.69 Å². The SMILES string of the molecule is CCCCCC(C)(C(=O)OCC)N1CCNCC1. The van der Waals surface area contributed by atoms with E-state index in [4.69, 9.17) is 4.74 Å². The van der Waals surface area contributed by atoms with E-state index in [9.17, 15) is 4.79 Å². The fourth-order valence-corrected chi connectivity index (χ4v) is 2.55. The average Bonchev–Trinajstić information content (AvgIpc) is 2.40. The van der Waals surface area contributed by atoms with E-state index in [1.807, 2.05) is 13.8 Å². The Morgan fingerprint density at radius 2 is 1.94 bits per heavy atom. The van der Waals surface area contributed by atoms with Crippen molar-refractivity contribution in [1.82, 2.24) is 10.2 Å². The van der Waals surface area contributed by atoms with Crippen molar-refractivity contribution in [3.8, 4) is 0 Å². The second-order valence-corrected chi connectivity index (χ2v) is 5.19. The highest BCUT2D eigenvalue weighted by atomic mass is 16.5. The highest BCUT2D eigenvalue weighted by Crippen LogP contribution is 2.25. The molecule has 0 aromatic heterocycles. The molecule has 0 aliphatic carbocycles. The highest BCUT2D eigenvalue weighted by Gasteiger charge is 2.40. The summed E-state index contributed by atoms with van der Waals surface area (Å²) in [6, 6.07) is 0. The molecule has 1 aliphatic heterocycles.